The second-order valence-corrected chi connectivity index (χ2v) is 6.01. The van der Waals surface area contributed by atoms with Gasteiger partial charge in [0.1, 0.15) is 5.82 Å². The fraction of sp³-hybridized carbons (Fsp3) is 0.562. The van der Waals surface area contributed by atoms with Gasteiger partial charge >= 0.3 is 0 Å². The predicted molar refractivity (Wildman–Crippen MR) is 84.9 cm³/mol. The first kappa shape index (κ1) is 15.7. The lowest BCUT2D eigenvalue weighted by molar-refractivity contribution is -0.128. The van der Waals surface area contributed by atoms with E-state index < -0.39 is 0 Å². The monoisotopic (exact) mass is 318 g/mol. The van der Waals surface area contributed by atoms with Crippen molar-refractivity contribution in [3.05, 3.63) is 23.9 Å². The van der Waals surface area contributed by atoms with Gasteiger partial charge in [-0.05, 0) is 17.7 Å². The van der Waals surface area contributed by atoms with E-state index in [1.807, 2.05) is 12.1 Å². The zero-order valence-electron chi connectivity index (χ0n) is 13.3. The summed E-state index contributed by atoms with van der Waals surface area (Å²) in [7, 11) is 1.73. The number of aromatic nitrogens is 1. The molecule has 0 spiro atoms. The molecule has 2 saturated heterocycles. The molecule has 0 aromatic carbocycles. The van der Waals surface area contributed by atoms with Gasteiger partial charge in [-0.3, -0.25) is 9.59 Å². The van der Waals surface area contributed by atoms with E-state index in [0.29, 0.717) is 32.7 Å². The van der Waals surface area contributed by atoms with Crippen molar-refractivity contribution in [2.24, 2.45) is 5.92 Å². The number of carbonyl (C=O) groups excluding carboxylic acids is 2. The van der Waals surface area contributed by atoms with Gasteiger partial charge in [-0.2, -0.15) is 0 Å². The topological polar surface area (TPSA) is 74.8 Å². The lowest BCUT2D eigenvalue weighted by Gasteiger charge is -2.28. The highest BCUT2D eigenvalue weighted by molar-refractivity contribution is 5.89. The van der Waals surface area contributed by atoms with E-state index in [4.69, 9.17) is 4.74 Å². The van der Waals surface area contributed by atoms with Crippen molar-refractivity contribution in [3.63, 3.8) is 0 Å². The second kappa shape index (κ2) is 6.95. The smallest absolute Gasteiger partial charge is 0.225 e. The van der Waals surface area contributed by atoms with Crippen LogP contribution in [-0.2, 0) is 20.9 Å². The van der Waals surface area contributed by atoms with Crippen molar-refractivity contribution >= 4 is 17.6 Å². The number of pyridine rings is 1. The molecule has 0 unspecified atom stereocenters. The summed E-state index contributed by atoms with van der Waals surface area (Å²) >= 11 is 0. The van der Waals surface area contributed by atoms with Crippen molar-refractivity contribution in [3.8, 4) is 0 Å². The predicted octanol–water partition coefficient (Wildman–Crippen LogP) is 0.0127. The lowest BCUT2D eigenvalue weighted by Crippen LogP contribution is -2.37. The van der Waals surface area contributed by atoms with Crippen LogP contribution < -0.4 is 10.2 Å². The molecule has 23 heavy (non-hydrogen) atoms. The molecule has 7 heteroatoms. The largest absolute Gasteiger partial charge is 0.378 e. The van der Waals surface area contributed by atoms with Crippen LogP contribution in [0, 0.1) is 5.92 Å². The maximum atomic E-state index is 12.2. The highest BCUT2D eigenvalue weighted by Crippen LogP contribution is 2.17. The summed E-state index contributed by atoms with van der Waals surface area (Å²) in [6, 6.07) is 3.90. The minimum Gasteiger partial charge on any atom is -0.378 e. The maximum absolute atomic E-state index is 12.2. The highest BCUT2D eigenvalue weighted by atomic mass is 16.5. The Morgan fingerprint density at radius 1 is 1.43 bits per heavy atom. The van der Waals surface area contributed by atoms with Gasteiger partial charge < -0.3 is 19.9 Å². The third kappa shape index (κ3) is 3.79. The molecule has 0 aliphatic carbocycles. The number of nitrogens with zero attached hydrogens (tertiary/aromatic N) is 3. The molecule has 1 atom stereocenters. The van der Waals surface area contributed by atoms with Gasteiger partial charge in [0.15, 0.2) is 0 Å². The molecule has 0 saturated carbocycles. The summed E-state index contributed by atoms with van der Waals surface area (Å²) in [5.41, 5.74) is 1.01. The second-order valence-electron chi connectivity index (χ2n) is 6.01. The van der Waals surface area contributed by atoms with Crippen molar-refractivity contribution in [2.45, 2.75) is 13.0 Å². The number of amides is 2. The van der Waals surface area contributed by atoms with Crippen LogP contribution in [0.15, 0.2) is 18.3 Å². The highest BCUT2D eigenvalue weighted by Gasteiger charge is 2.31. The van der Waals surface area contributed by atoms with E-state index >= 15 is 0 Å². The van der Waals surface area contributed by atoms with Crippen LogP contribution in [0.4, 0.5) is 5.82 Å². The first-order valence-electron chi connectivity index (χ1n) is 7.93. The summed E-state index contributed by atoms with van der Waals surface area (Å²) in [6.45, 7) is 4.05. The molecular formula is C16H22N4O3. The summed E-state index contributed by atoms with van der Waals surface area (Å²) in [5.74, 6) is 0.639. The molecule has 1 aromatic heterocycles. The van der Waals surface area contributed by atoms with Crippen molar-refractivity contribution in [2.75, 3.05) is 44.8 Å². The average molecular weight is 318 g/mol. The lowest BCUT2D eigenvalue weighted by atomic mass is 10.1. The molecule has 3 heterocycles. The third-order valence-electron chi connectivity index (χ3n) is 4.32. The Hall–Kier alpha value is -2.15. The summed E-state index contributed by atoms with van der Waals surface area (Å²) in [5, 5.41) is 2.92. The summed E-state index contributed by atoms with van der Waals surface area (Å²) in [6.07, 6.45) is 2.07. The Labute approximate surface area is 135 Å². The van der Waals surface area contributed by atoms with Gasteiger partial charge in [0.25, 0.3) is 0 Å². The minimum absolute atomic E-state index is 0.0312. The van der Waals surface area contributed by atoms with Crippen LogP contribution in [0.5, 0.6) is 0 Å². The Kier molecular flexibility index (Phi) is 4.76. The third-order valence-corrected chi connectivity index (χ3v) is 4.32. The van der Waals surface area contributed by atoms with Crippen LogP contribution in [0.2, 0.25) is 0 Å². The van der Waals surface area contributed by atoms with Gasteiger partial charge in [-0.1, -0.05) is 0 Å². The van der Waals surface area contributed by atoms with E-state index in [1.165, 1.54) is 0 Å². The Morgan fingerprint density at radius 2 is 2.22 bits per heavy atom. The van der Waals surface area contributed by atoms with E-state index in [0.717, 1.165) is 24.5 Å². The maximum Gasteiger partial charge on any atom is 0.225 e. The van der Waals surface area contributed by atoms with Crippen LogP contribution in [0.1, 0.15) is 12.0 Å². The van der Waals surface area contributed by atoms with Gasteiger partial charge in [0.05, 0.1) is 19.1 Å². The van der Waals surface area contributed by atoms with Gasteiger partial charge in [-0.25, -0.2) is 4.98 Å². The van der Waals surface area contributed by atoms with E-state index in [2.05, 4.69) is 15.2 Å². The molecule has 3 rings (SSSR count). The van der Waals surface area contributed by atoms with Crippen LogP contribution in [0.3, 0.4) is 0 Å². The Balaban J connectivity index is 1.56. The summed E-state index contributed by atoms with van der Waals surface area (Å²) in [4.78, 5) is 31.8. The number of hydrogen-bond donors (Lipinski definition) is 1. The number of carbonyl (C=O) groups is 2. The fourth-order valence-corrected chi connectivity index (χ4v) is 2.91. The number of likely N-dealkylation sites (tertiary alicyclic amines) is 1. The average Bonchev–Trinajstić information content (AvgIpc) is 2.93. The van der Waals surface area contributed by atoms with Gasteiger partial charge in [0.2, 0.25) is 11.8 Å². The first-order valence-corrected chi connectivity index (χ1v) is 7.93. The summed E-state index contributed by atoms with van der Waals surface area (Å²) < 4.78 is 5.35. The standard InChI is InChI=1S/C16H22N4O3/c1-19-11-13(9-15(19)21)16(22)18-10-12-2-3-17-14(8-12)20-4-6-23-7-5-20/h2-3,8,13H,4-7,9-11H2,1H3,(H,18,22)/t13-/m0/s1. The van der Waals surface area contributed by atoms with Gasteiger partial charge in [-0.15, -0.1) is 0 Å². The molecule has 1 N–H and O–H groups in total. The molecule has 2 aliphatic heterocycles. The zero-order valence-corrected chi connectivity index (χ0v) is 13.3. The molecule has 7 nitrogen and oxygen atoms in total. The molecule has 2 amide bonds. The van der Waals surface area contributed by atoms with Crippen LogP contribution in [0.25, 0.3) is 0 Å². The van der Waals surface area contributed by atoms with Crippen molar-refractivity contribution in [1.82, 2.24) is 15.2 Å². The Bertz CT molecular complexity index is 586. The first-order chi connectivity index (χ1) is 11.1. The number of anilines is 1. The molecular weight excluding hydrogens is 296 g/mol. The van der Waals surface area contributed by atoms with E-state index in [-0.39, 0.29) is 17.7 Å². The molecule has 1 aromatic rings. The number of rotatable bonds is 4. The molecule has 2 aliphatic rings. The van der Waals surface area contributed by atoms with Crippen molar-refractivity contribution < 1.29 is 14.3 Å². The van der Waals surface area contributed by atoms with Crippen LogP contribution >= 0.6 is 0 Å². The quantitative estimate of drug-likeness (QED) is 0.847. The van der Waals surface area contributed by atoms with Crippen molar-refractivity contribution in [1.29, 1.82) is 0 Å². The van der Waals surface area contributed by atoms with Crippen LogP contribution in [-0.4, -0.2) is 61.6 Å². The normalized spacial score (nSPS) is 21.6. The number of nitrogens with one attached hydrogen (secondary N) is 1. The van der Waals surface area contributed by atoms with E-state index in [1.54, 1.807) is 18.1 Å². The number of ether oxygens (including phenoxy) is 1. The molecule has 0 bridgehead atoms. The van der Waals surface area contributed by atoms with Gasteiger partial charge in [0, 0.05) is 45.8 Å². The fourth-order valence-electron chi connectivity index (χ4n) is 2.91. The Morgan fingerprint density at radius 3 is 2.91 bits per heavy atom. The van der Waals surface area contributed by atoms with E-state index in [9.17, 15) is 9.59 Å². The number of morpholine rings is 1. The molecule has 124 valence electrons. The SMILES string of the molecule is CN1C[C@@H](C(=O)NCc2ccnc(N3CCOCC3)c2)CC1=O. The minimum atomic E-state index is -0.243. The zero-order chi connectivity index (χ0) is 16.2. The molecule has 0 radical (unpaired) electrons. The number of hydrogen-bond acceptors (Lipinski definition) is 5. The molecule has 2 fully saturated rings.